The van der Waals surface area contributed by atoms with Gasteiger partial charge in [0, 0.05) is 13.1 Å². The van der Waals surface area contributed by atoms with Gasteiger partial charge in [0.15, 0.2) is 0 Å². The van der Waals surface area contributed by atoms with Gasteiger partial charge in [0.1, 0.15) is 11.5 Å². The normalized spacial score (nSPS) is 14.8. The number of halogens is 2. The second-order valence-corrected chi connectivity index (χ2v) is 9.26. The van der Waals surface area contributed by atoms with Crippen molar-refractivity contribution < 1.29 is 32.2 Å². The molecule has 1 heterocycles. The van der Waals surface area contributed by atoms with Gasteiger partial charge in [0.05, 0.1) is 41.5 Å². The van der Waals surface area contributed by atoms with Gasteiger partial charge in [-0.05, 0) is 29.8 Å². The van der Waals surface area contributed by atoms with E-state index < -0.39 is 22.0 Å². The molecule has 0 bridgehead atoms. The van der Waals surface area contributed by atoms with Gasteiger partial charge in [0.2, 0.25) is 10.0 Å². The number of hydrogen-bond donors (Lipinski definition) is 0. The van der Waals surface area contributed by atoms with Gasteiger partial charge in [0.25, 0.3) is 0 Å². The molecule has 1 aliphatic heterocycles. The van der Waals surface area contributed by atoms with Crippen LogP contribution in [0.25, 0.3) is 0 Å². The maximum atomic E-state index is 12.9. The van der Waals surface area contributed by atoms with E-state index in [0.29, 0.717) is 11.1 Å². The van der Waals surface area contributed by atoms with Crippen molar-refractivity contribution in [2.45, 2.75) is 11.5 Å². The second kappa shape index (κ2) is 9.97. The van der Waals surface area contributed by atoms with Crippen molar-refractivity contribution in [2.24, 2.45) is 0 Å². The summed E-state index contributed by atoms with van der Waals surface area (Å²) in [4.78, 5) is 23.8. The molecule has 11 heteroatoms. The monoisotopic (exact) mass is 487 g/mol. The molecule has 166 valence electrons. The lowest BCUT2D eigenvalue weighted by Gasteiger charge is -2.26. The highest BCUT2D eigenvalue weighted by atomic mass is 35.5. The minimum Gasteiger partial charge on any atom is -0.465 e. The number of carbonyl (C=O) groups excluding carboxylic acids is 2. The molecule has 0 N–H and O–H groups in total. The molecule has 1 fully saturated rings. The number of ether oxygens (including phenoxy) is 3. The third-order valence-electron chi connectivity index (χ3n) is 4.57. The number of rotatable bonds is 6. The molecule has 0 amide bonds. The molecular formula is C20H19Cl2NO7S. The first-order chi connectivity index (χ1) is 14.7. The predicted molar refractivity (Wildman–Crippen MR) is 113 cm³/mol. The number of nitrogens with zero attached hydrogens (tertiary/aromatic N) is 1. The van der Waals surface area contributed by atoms with Crippen molar-refractivity contribution in [2.75, 3.05) is 33.4 Å². The summed E-state index contributed by atoms with van der Waals surface area (Å²) < 4.78 is 42.2. The number of benzene rings is 2. The molecule has 0 spiro atoms. The summed E-state index contributed by atoms with van der Waals surface area (Å²) in [5.74, 6) is -1.29. The van der Waals surface area contributed by atoms with E-state index >= 15 is 0 Å². The highest BCUT2D eigenvalue weighted by molar-refractivity contribution is 7.89. The molecular weight excluding hydrogens is 469 g/mol. The lowest BCUT2D eigenvalue weighted by atomic mass is 10.1. The Morgan fingerprint density at radius 3 is 2.29 bits per heavy atom. The van der Waals surface area contributed by atoms with E-state index in [-0.39, 0.29) is 53.4 Å². The van der Waals surface area contributed by atoms with E-state index in [1.54, 1.807) is 12.1 Å². The van der Waals surface area contributed by atoms with Crippen LogP contribution in [0.3, 0.4) is 0 Å². The van der Waals surface area contributed by atoms with Crippen molar-refractivity contribution in [1.29, 1.82) is 0 Å². The molecule has 2 aromatic carbocycles. The van der Waals surface area contributed by atoms with Crippen molar-refractivity contribution in [3.63, 3.8) is 0 Å². The van der Waals surface area contributed by atoms with Crippen LogP contribution in [0.15, 0.2) is 41.3 Å². The van der Waals surface area contributed by atoms with Crippen LogP contribution in [0.2, 0.25) is 10.0 Å². The molecule has 0 saturated carbocycles. The van der Waals surface area contributed by atoms with Crippen molar-refractivity contribution in [3.05, 3.63) is 63.1 Å². The van der Waals surface area contributed by atoms with E-state index in [4.69, 9.17) is 32.7 Å². The lowest BCUT2D eigenvalue weighted by Crippen LogP contribution is -2.40. The number of carbonyl (C=O) groups is 2. The lowest BCUT2D eigenvalue weighted by molar-refractivity contribution is 0.0471. The largest absolute Gasteiger partial charge is 0.465 e. The third-order valence-corrected chi connectivity index (χ3v) is 7.25. The van der Waals surface area contributed by atoms with Crippen molar-refractivity contribution >= 4 is 45.2 Å². The molecule has 1 aliphatic rings. The first-order valence-electron chi connectivity index (χ1n) is 9.15. The van der Waals surface area contributed by atoms with Crippen LogP contribution in [0.4, 0.5) is 0 Å². The summed E-state index contributed by atoms with van der Waals surface area (Å²) in [5, 5.41) is -0.122. The van der Waals surface area contributed by atoms with Crippen molar-refractivity contribution in [1.82, 2.24) is 4.31 Å². The van der Waals surface area contributed by atoms with Gasteiger partial charge in [-0.15, -0.1) is 0 Å². The Morgan fingerprint density at radius 1 is 1.03 bits per heavy atom. The highest BCUT2D eigenvalue weighted by Gasteiger charge is 2.30. The van der Waals surface area contributed by atoms with Crippen LogP contribution in [0, 0.1) is 0 Å². The standard InChI is InChI=1S/C20H19Cl2NO7S/c1-28-19(24)14-4-2-13(3-5-14)12-30-20(25)15-10-18(17(22)11-16(15)21)31(26,27)23-6-8-29-9-7-23/h2-5,10-11H,6-9,12H2,1H3. The quantitative estimate of drug-likeness (QED) is 0.576. The summed E-state index contributed by atoms with van der Waals surface area (Å²) in [6.07, 6.45) is 0. The molecule has 0 unspecified atom stereocenters. The number of methoxy groups -OCH3 is 1. The summed E-state index contributed by atoms with van der Waals surface area (Å²) in [6.45, 7) is 0.804. The van der Waals surface area contributed by atoms with Crippen LogP contribution < -0.4 is 0 Å². The van der Waals surface area contributed by atoms with Gasteiger partial charge in [-0.3, -0.25) is 0 Å². The van der Waals surface area contributed by atoms with E-state index in [9.17, 15) is 18.0 Å². The Labute approximate surface area is 189 Å². The molecule has 8 nitrogen and oxygen atoms in total. The number of esters is 2. The zero-order valence-electron chi connectivity index (χ0n) is 16.5. The maximum Gasteiger partial charge on any atom is 0.340 e. The topological polar surface area (TPSA) is 99.2 Å². The fourth-order valence-electron chi connectivity index (χ4n) is 2.89. The maximum absolute atomic E-state index is 12.9. The van der Waals surface area contributed by atoms with E-state index in [2.05, 4.69) is 4.74 Å². The van der Waals surface area contributed by atoms with Crippen LogP contribution in [-0.4, -0.2) is 58.1 Å². The second-order valence-electron chi connectivity index (χ2n) is 6.54. The predicted octanol–water partition coefficient (Wildman–Crippen LogP) is 3.16. The van der Waals surface area contributed by atoms with Gasteiger partial charge in [-0.1, -0.05) is 35.3 Å². The van der Waals surface area contributed by atoms with E-state index in [0.717, 1.165) is 6.07 Å². The van der Waals surface area contributed by atoms with Gasteiger partial charge >= 0.3 is 11.9 Å². The number of hydrogen-bond acceptors (Lipinski definition) is 7. The molecule has 0 aromatic heterocycles. The molecule has 3 rings (SSSR count). The summed E-state index contributed by atoms with van der Waals surface area (Å²) in [7, 11) is -2.66. The van der Waals surface area contributed by atoms with Crippen LogP contribution in [-0.2, 0) is 30.8 Å². The third kappa shape index (κ3) is 5.36. The molecule has 1 saturated heterocycles. The van der Waals surface area contributed by atoms with Crippen LogP contribution in [0.5, 0.6) is 0 Å². The average Bonchev–Trinajstić information content (AvgIpc) is 2.77. The first-order valence-corrected chi connectivity index (χ1v) is 11.3. The minimum atomic E-state index is -3.94. The average molecular weight is 488 g/mol. The van der Waals surface area contributed by atoms with Gasteiger partial charge in [-0.2, -0.15) is 4.31 Å². The first kappa shape index (κ1) is 23.5. The summed E-state index contributed by atoms with van der Waals surface area (Å²) >= 11 is 12.2. The fraction of sp³-hybridized carbons (Fsp3) is 0.300. The minimum absolute atomic E-state index is 0.0306. The van der Waals surface area contributed by atoms with Gasteiger partial charge in [-0.25, -0.2) is 18.0 Å². The molecule has 0 radical (unpaired) electrons. The molecule has 31 heavy (non-hydrogen) atoms. The Balaban J connectivity index is 1.78. The molecule has 0 aliphatic carbocycles. The SMILES string of the molecule is COC(=O)c1ccc(COC(=O)c2cc(S(=O)(=O)N3CCOCC3)c(Cl)cc2Cl)cc1. The molecule has 0 atom stereocenters. The smallest absolute Gasteiger partial charge is 0.340 e. The summed E-state index contributed by atoms with van der Waals surface area (Å²) in [6, 6.07) is 8.62. The van der Waals surface area contributed by atoms with Gasteiger partial charge < -0.3 is 14.2 Å². The van der Waals surface area contributed by atoms with Crippen LogP contribution in [0.1, 0.15) is 26.3 Å². The summed E-state index contributed by atoms with van der Waals surface area (Å²) in [5.41, 5.74) is 0.854. The highest BCUT2D eigenvalue weighted by Crippen LogP contribution is 2.31. The van der Waals surface area contributed by atoms with Crippen LogP contribution >= 0.6 is 23.2 Å². The number of sulfonamides is 1. The van der Waals surface area contributed by atoms with Crippen molar-refractivity contribution in [3.8, 4) is 0 Å². The Hall–Kier alpha value is -2.17. The fourth-order valence-corrected chi connectivity index (χ4v) is 5.12. The molecule has 2 aromatic rings. The zero-order chi connectivity index (χ0) is 22.6. The Kier molecular flexibility index (Phi) is 7.55. The van der Waals surface area contributed by atoms with E-state index in [1.165, 1.54) is 29.6 Å². The Morgan fingerprint density at radius 2 is 1.68 bits per heavy atom. The number of morpholine rings is 1. The Bertz CT molecular complexity index is 1080. The van der Waals surface area contributed by atoms with E-state index in [1.807, 2.05) is 0 Å². The zero-order valence-corrected chi connectivity index (χ0v) is 18.8.